The maximum atomic E-state index is 12.8. The monoisotopic (exact) mass is 326 g/mol. The van der Waals surface area contributed by atoms with Crippen LogP contribution in [0.3, 0.4) is 0 Å². The molecule has 0 heterocycles. The lowest BCUT2D eigenvalue weighted by Crippen LogP contribution is -2.14. The Morgan fingerprint density at radius 2 is 2.06 bits per heavy atom. The van der Waals surface area contributed by atoms with E-state index in [0.717, 1.165) is 12.1 Å². The molecule has 3 nitrogen and oxygen atoms in total. The minimum atomic E-state index is -4.57. The van der Waals surface area contributed by atoms with E-state index in [9.17, 15) is 18.0 Å². The summed E-state index contributed by atoms with van der Waals surface area (Å²) in [5, 5.41) is 8.94. The van der Waals surface area contributed by atoms with Crippen molar-refractivity contribution in [1.29, 1.82) is 0 Å². The van der Waals surface area contributed by atoms with Crippen LogP contribution in [0, 0.1) is 0 Å². The Morgan fingerprint density at radius 3 is 2.56 bits per heavy atom. The van der Waals surface area contributed by atoms with Crippen molar-refractivity contribution in [2.75, 3.05) is 11.9 Å². The molecule has 1 rings (SSSR count). The van der Waals surface area contributed by atoms with Crippen molar-refractivity contribution in [3.8, 4) is 5.75 Å². The lowest BCUT2D eigenvalue weighted by atomic mass is 10.1. The zero-order chi connectivity index (χ0) is 13.8. The number of aryl methyl sites for hydroxylation is 1. The molecule has 7 heteroatoms. The van der Waals surface area contributed by atoms with Crippen LogP contribution in [0.25, 0.3) is 0 Å². The summed E-state index contributed by atoms with van der Waals surface area (Å²) in [7, 11) is 0. The summed E-state index contributed by atoms with van der Waals surface area (Å²) in [5.74, 6) is -1.80. The van der Waals surface area contributed by atoms with Gasteiger partial charge in [0.25, 0.3) is 0 Å². The van der Waals surface area contributed by atoms with E-state index in [0.29, 0.717) is 17.3 Å². The zero-order valence-electron chi connectivity index (χ0n) is 9.13. The van der Waals surface area contributed by atoms with E-state index >= 15 is 0 Å². The van der Waals surface area contributed by atoms with Gasteiger partial charge in [-0.05, 0) is 24.1 Å². The molecule has 0 radical (unpaired) electrons. The van der Waals surface area contributed by atoms with E-state index in [1.807, 2.05) is 0 Å². The van der Waals surface area contributed by atoms with Crippen molar-refractivity contribution in [3.05, 3.63) is 29.3 Å². The van der Waals surface area contributed by atoms with Crippen LogP contribution in [-0.2, 0) is 17.4 Å². The number of aliphatic carboxylic acids is 1. The number of alkyl halides is 4. The normalized spacial score (nSPS) is 11.3. The highest BCUT2D eigenvalue weighted by Gasteiger charge is 2.34. The van der Waals surface area contributed by atoms with Gasteiger partial charge in [0, 0.05) is 5.33 Å². The summed E-state index contributed by atoms with van der Waals surface area (Å²) in [5.41, 5.74) is -0.455. The van der Waals surface area contributed by atoms with E-state index in [-0.39, 0.29) is 0 Å². The second-order valence-corrected chi connectivity index (χ2v) is 4.24. The fraction of sp³-hybridized carbons (Fsp3) is 0.364. The SMILES string of the molecule is O=C(O)COc1ccc(CCBr)cc1C(F)(F)F. The molecule has 0 unspecified atom stereocenters. The molecule has 0 amide bonds. The standard InChI is InChI=1S/C11H10BrF3O3/c12-4-3-7-1-2-9(18-6-10(16)17)8(5-7)11(13,14)15/h1-2,5H,3-4,6H2,(H,16,17). The summed E-state index contributed by atoms with van der Waals surface area (Å²) in [4.78, 5) is 10.3. The number of carboxylic acid groups (broad SMARTS) is 1. The minimum absolute atomic E-state index is 0.447. The first-order valence-corrected chi connectivity index (χ1v) is 6.07. The van der Waals surface area contributed by atoms with Crippen LogP contribution in [0.15, 0.2) is 18.2 Å². The van der Waals surface area contributed by atoms with Gasteiger partial charge >= 0.3 is 12.1 Å². The number of carbonyl (C=O) groups is 1. The first-order valence-electron chi connectivity index (χ1n) is 4.95. The number of benzene rings is 1. The molecule has 1 aromatic rings. The van der Waals surface area contributed by atoms with Gasteiger partial charge in [0.2, 0.25) is 0 Å². The van der Waals surface area contributed by atoms with E-state index in [4.69, 9.17) is 5.11 Å². The van der Waals surface area contributed by atoms with Gasteiger partial charge in [-0.3, -0.25) is 0 Å². The molecule has 0 bridgehead atoms. The van der Waals surface area contributed by atoms with E-state index in [1.165, 1.54) is 6.07 Å². The lowest BCUT2D eigenvalue weighted by molar-refractivity contribution is -0.143. The third-order valence-electron chi connectivity index (χ3n) is 2.08. The predicted octanol–water partition coefficient (Wildman–Crippen LogP) is 3.11. The Hall–Kier alpha value is -1.24. The molecule has 0 aliphatic rings. The third kappa shape index (κ3) is 4.21. The highest BCUT2D eigenvalue weighted by Crippen LogP contribution is 2.37. The maximum absolute atomic E-state index is 12.8. The molecule has 0 fully saturated rings. The van der Waals surface area contributed by atoms with E-state index in [1.54, 1.807) is 0 Å². The fourth-order valence-corrected chi connectivity index (χ4v) is 1.79. The van der Waals surface area contributed by atoms with Crippen LogP contribution in [0.4, 0.5) is 13.2 Å². The molecule has 0 saturated carbocycles. The maximum Gasteiger partial charge on any atom is 0.419 e. The second-order valence-electron chi connectivity index (χ2n) is 3.45. The van der Waals surface area contributed by atoms with Gasteiger partial charge in [-0.1, -0.05) is 22.0 Å². The number of hydrogen-bond donors (Lipinski definition) is 1. The van der Waals surface area contributed by atoms with Gasteiger partial charge in [0.1, 0.15) is 5.75 Å². The number of hydrogen-bond acceptors (Lipinski definition) is 2. The molecular weight excluding hydrogens is 317 g/mol. The number of carboxylic acids is 1. The van der Waals surface area contributed by atoms with Crippen LogP contribution >= 0.6 is 15.9 Å². The summed E-state index contributed by atoms with van der Waals surface area (Å²) in [6.07, 6.45) is -4.13. The van der Waals surface area contributed by atoms with Gasteiger partial charge in [0.15, 0.2) is 6.61 Å². The van der Waals surface area contributed by atoms with E-state index < -0.39 is 30.1 Å². The second kappa shape index (κ2) is 6.08. The molecule has 0 aromatic heterocycles. The molecule has 0 spiro atoms. The van der Waals surface area contributed by atoms with Crippen molar-refractivity contribution in [2.24, 2.45) is 0 Å². The van der Waals surface area contributed by atoms with Gasteiger partial charge in [-0.15, -0.1) is 0 Å². The Labute approximate surface area is 110 Å². The summed E-state index contributed by atoms with van der Waals surface area (Å²) in [6.45, 7) is -0.805. The molecule has 0 atom stereocenters. The Morgan fingerprint density at radius 1 is 1.39 bits per heavy atom. The highest BCUT2D eigenvalue weighted by atomic mass is 79.9. The van der Waals surface area contributed by atoms with Gasteiger partial charge in [-0.25, -0.2) is 4.79 Å². The quantitative estimate of drug-likeness (QED) is 0.846. The molecule has 1 N–H and O–H groups in total. The largest absolute Gasteiger partial charge is 0.481 e. The van der Waals surface area contributed by atoms with Crippen LogP contribution in [0.5, 0.6) is 5.75 Å². The first-order chi connectivity index (χ1) is 8.34. The Kier molecular flexibility index (Phi) is 5.01. The number of halogens is 4. The Bertz CT molecular complexity index is 432. The Balaban J connectivity index is 3.05. The van der Waals surface area contributed by atoms with Crippen LogP contribution in [0.1, 0.15) is 11.1 Å². The number of ether oxygens (including phenoxy) is 1. The third-order valence-corrected chi connectivity index (χ3v) is 2.48. The summed E-state index contributed by atoms with van der Waals surface area (Å²) in [6, 6.07) is 3.59. The van der Waals surface area contributed by atoms with Crippen molar-refractivity contribution in [2.45, 2.75) is 12.6 Å². The van der Waals surface area contributed by atoms with Crippen molar-refractivity contribution >= 4 is 21.9 Å². The van der Waals surface area contributed by atoms with Crippen LogP contribution < -0.4 is 4.74 Å². The van der Waals surface area contributed by atoms with Crippen molar-refractivity contribution < 1.29 is 27.8 Å². The van der Waals surface area contributed by atoms with Gasteiger partial charge in [0.05, 0.1) is 5.56 Å². The van der Waals surface area contributed by atoms with Gasteiger partial charge in [-0.2, -0.15) is 13.2 Å². The fourth-order valence-electron chi connectivity index (χ4n) is 1.33. The predicted molar refractivity (Wildman–Crippen MR) is 62.1 cm³/mol. The molecule has 0 aliphatic heterocycles. The average molecular weight is 327 g/mol. The van der Waals surface area contributed by atoms with Crippen LogP contribution in [-0.4, -0.2) is 23.0 Å². The van der Waals surface area contributed by atoms with Gasteiger partial charge < -0.3 is 9.84 Å². The topological polar surface area (TPSA) is 46.5 Å². The van der Waals surface area contributed by atoms with Crippen molar-refractivity contribution in [3.63, 3.8) is 0 Å². The van der Waals surface area contributed by atoms with E-state index in [2.05, 4.69) is 20.7 Å². The lowest BCUT2D eigenvalue weighted by Gasteiger charge is -2.14. The first kappa shape index (κ1) is 14.8. The average Bonchev–Trinajstić information content (AvgIpc) is 2.26. The smallest absolute Gasteiger partial charge is 0.419 e. The molecular formula is C11H10BrF3O3. The molecule has 0 aliphatic carbocycles. The molecule has 0 saturated heterocycles. The minimum Gasteiger partial charge on any atom is -0.481 e. The van der Waals surface area contributed by atoms with Crippen molar-refractivity contribution in [1.82, 2.24) is 0 Å². The highest BCUT2D eigenvalue weighted by molar-refractivity contribution is 9.09. The van der Waals surface area contributed by atoms with Crippen LogP contribution in [0.2, 0.25) is 0 Å². The summed E-state index contributed by atoms with van der Waals surface area (Å²) < 4.78 is 42.9. The molecule has 18 heavy (non-hydrogen) atoms. The summed E-state index contributed by atoms with van der Waals surface area (Å²) >= 11 is 3.14. The molecule has 100 valence electrons. The zero-order valence-corrected chi connectivity index (χ0v) is 10.7. The molecule has 1 aromatic carbocycles. The number of rotatable bonds is 5.